The summed E-state index contributed by atoms with van der Waals surface area (Å²) >= 11 is 5.60. The van der Waals surface area contributed by atoms with Crippen molar-refractivity contribution >= 4 is 11.6 Å². The molecule has 3 heteroatoms. The molecule has 1 aromatic rings. The van der Waals surface area contributed by atoms with Gasteiger partial charge in [0, 0.05) is 6.04 Å². The Labute approximate surface area is 76.3 Å². The van der Waals surface area contributed by atoms with Gasteiger partial charge >= 0.3 is 0 Å². The van der Waals surface area contributed by atoms with Crippen LogP contribution in [-0.2, 0) is 0 Å². The highest BCUT2D eigenvalue weighted by molar-refractivity contribution is 6.30. The monoisotopic (exact) mass is 187 g/mol. The Morgan fingerprint density at radius 3 is 2.58 bits per heavy atom. The van der Waals surface area contributed by atoms with Crippen LogP contribution >= 0.6 is 11.6 Å². The predicted octanol–water partition coefficient (Wildman–Crippen LogP) is 2.81. The number of benzene rings is 1. The number of nitrogens with two attached hydrogens (primary N) is 1. The molecule has 0 aromatic heterocycles. The van der Waals surface area contributed by atoms with Gasteiger partial charge in [-0.2, -0.15) is 0 Å². The number of aryl methyl sites for hydroxylation is 1. The first kappa shape index (κ1) is 9.49. The molecule has 0 fully saturated rings. The standard InChI is InChI=1S/C9H11ClFN/c1-5-3-9(11)8(10)4-7(5)6(2)12/h3-4,6H,12H2,1-2H3. The highest BCUT2D eigenvalue weighted by Crippen LogP contribution is 2.23. The average Bonchev–Trinajstić information content (AvgIpc) is 1.96. The smallest absolute Gasteiger partial charge is 0.142 e. The van der Waals surface area contributed by atoms with E-state index < -0.39 is 5.82 Å². The molecule has 1 atom stereocenters. The molecule has 0 heterocycles. The Balaban J connectivity index is 3.23. The highest BCUT2D eigenvalue weighted by Gasteiger charge is 2.07. The number of hydrogen-bond acceptors (Lipinski definition) is 1. The second kappa shape index (κ2) is 3.42. The first-order valence-corrected chi connectivity index (χ1v) is 4.11. The first-order valence-electron chi connectivity index (χ1n) is 3.73. The zero-order valence-corrected chi connectivity index (χ0v) is 7.82. The maximum absolute atomic E-state index is 12.9. The minimum atomic E-state index is -0.390. The zero-order chi connectivity index (χ0) is 9.30. The lowest BCUT2D eigenvalue weighted by Crippen LogP contribution is -2.07. The Bertz CT molecular complexity index is 297. The van der Waals surface area contributed by atoms with E-state index in [0.29, 0.717) is 0 Å². The summed E-state index contributed by atoms with van der Waals surface area (Å²) in [5.74, 6) is -0.390. The molecule has 0 spiro atoms. The molecule has 0 radical (unpaired) electrons. The van der Waals surface area contributed by atoms with E-state index in [4.69, 9.17) is 17.3 Å². The van der Waals surface area contributed by atoms with Crippen LogP contribution in [0.3, 0.4) is 0 Å². The van der Waals surface area contributed by atoms with Crippen molar-refractivity contribution in [3.05, 3.63) is 34.1 Å². The third kappa shape index (κ3) is 1.76. The van der Waals surface area contributed by atoms with Gasteiger partial charge in [0.2, 0.25) is 0 Å². The summed E-state index contributed by atoms with van der Waals surface area (Å²) in [4.78, 5) is 0. The molecule has 0 saturated carbocycles. The fourth-order valence-corrected chi connectivity index (χ4v) is 1.32. The molecule has 0 bridgehead atoms. The molecule has 0 aliphatic carbocycles. The maximum Gasteiger partial charge on any atom is 0.142 e. The summed E-state index contributed by atoms with van der Waals surface area (Å²) in [6.45, 7) is 3.66. The second-order valence-electron chi connectivity index (χ2n) is 2.91. The van der Waals surface area contributed by atoms with Gasteiger partial charge in [0.1, 0.15) is 5.82 Å². The van der Waals surface area contributed by atoms with Gasteiger partial charge < -0.3 is 5.73 Å². The van der Waals surface area contributed by atoms with Gasteiger partial charge in [-0.3, -0.25) is 0 Å². The van der Waals surface area contributed by atoms with Crippen molar-refractivity contribution in [2.45, 2.75) is 19.9 Å². The van der Waals surface area contributed by atoms with E-state index in [0.717, 1.165) is 11.1 Å². The summed E-state index contributed by atoms with van der Waals surface area (Å²) in [6, 6.07) is 2.88. The summed E-state index contributed by atoms with van der Waals surface area (Å²) in [5.41, 5.74) is 7.38. The molecule has 66 valence electrons. The third-order valence-electron chi connectivity index (χ3n) is 1.80. The molecule has 0 saturated heterocycles. The van der Waals surface area contributed by atoms with Crippen molar-refractivity contribution in [1.29, 1.82) is 0 Å². The lowest BCUT2D eigenvalue weighted by atomic mass is 10.0. The first-order chi connectivity index (χ1) is 5.52. The van der Waals surface area contributed by atoms with Crippen molar-refractivity contribution in [2.24, 2.45) is 5.73 Å². The van der Waals surface area contributed by atoms with Crippen LogP contribution in [0, 0.1) is 12.7 Å². The Morgan fingerprint density at radius 2 is 2.08 bits per heavy atom. The van der Waals surface area contributed by atoms with Crippen LogP contribution in [0.4, 0.5) is 4.39 Å². The SMILES string of the molecule is Cc1cc(F)c(Cl)cc1C(C)N. The van der Waals surface area contributed by atoms with E-state index in [-0.39, 0.29) is 11.1 Å². The summed E-state index contributed by atoms with van der Waals surface area (Å²) in [6.07, 6.45) is 0. The van der Waals surface area contributed by atoms with Crippen LogP contribution < -0.4 is 5.73 Å². The van der Waals surface area contributed by atoms with Crippen molar-refractivity contribution in [3.63, 3.8) is 0 Å². The van der Waals surface area contributed by atoms with Gasteiger partial charge in [-0.25, -0.2) is 4.39 Å². The number of hydrogen-bond donors (Lipinski definition) is 1. The molecular weight excluding hydrogens is 177 g/mol. The third-order valence-corrected chi connectivity index (χ3v) is 2.09. The Kier molecular flexibility index (Phi) is 2.70. The summed E-state index contributed by atoms with van der Waals surface area (Å²) < 4.78 is 12.9. The Morgan fingerprint density at radius 1 is 1.50 bits per heavy atom. The molecule has 1 rings (SSSR count). The van der Waals surface area contributed by atoms with Crippen LogP contribution in [-0.4, -0.2) is 0 Å². The second-order valence-corrected chi connectivity index (χ2v) is 3.32. The predicted molar refractivity (Wildman–Crippen MR) is 48.7 cm³/mol. The number of halogens is 2. The molecule has 2 N–H and O–H groups in total. The number of rotatable bonds is 1. The maximum atomic E-state index is 12.9. The quantitative estimate of drug-likeness (QED) is 0.719. The van der Waals surface area contributed by atoms with Crippen molar-refractivity contribution in [2.75, 3.05) is 0 Å². The van der Waals surface area contributed by atoms with Crippen LogP contribution in [0.5, 0.6) is 0 Å². The van der Waals surface area contributed by atoms with E-state index in [2.05, 4.69) is 0 Å². The molecule has 0 amide bonds. The largest absolute Gasteiger partial charge is 0.324 e. The van der Waals surface area contributed by atoms with Crippen molar-refractivity contribution < 1.29 is 4.39 Å². The van der Waals surface area contributed by atoms with Crippen molar-refractivity contribution in [3.8, 4) is 0 Å². The molecule has 1 nitrogen and oxygen atoms in total. The fourth-order valence-electron chi connectivity index (χ4n) is 1.15. The van der Waals surface area contributed by atoms with Gasteiger partial charge in [0.25, 0.3) is 0 Å². The minimum absolute atomic E-state index is 0.108. The van der Waals surface area contributed by atoms with E-state index in [9.17, 15) is 4.39 Å². The highest BCUT2D eigenvalue weighted by atomic mass is 35.5. The zero-order valence-electron chi connectivity index (χ0n) is 7.07. The molecule has 1 aromatic carbocycles. The van der Waals surface area contributed by atoms with Gasteiger partial charge in [-0.1, -0.05) is 11.6 Å². The van der Waals surface area contributed by atoms with Gasteiger partial charge in [-0.05, 0) is 37.1 Å². The molecular formula is C9H11ClFN. The normalized spacial score (nSPS) is 13.1. The molecule has 12 heavy (non-hydrogen) atoms. The fraction of sp³-hybridized carbons (Fsp3) is 0.333. The minimum Gasteiger partial charge on any atom is -0.324 e. The van der Waals surface area contributed by atoms with Gasteiger partial charge in [0.15, 0.2) is 0 Å². The lowest BCUT2D eigenvalue weighted by Gasteiger charge is -2.10. The van der Waals surface area contributed by atoms with E-state index >= 15 is 0 Å². The summed E-state index contributed by atoms with van der Waals surface area (Å²) in [7, 11) is 0. The Hall–Kier alpha value is -0.600. The lowest BCUT2D eigenvalue weighted by molar-refractivity contribution is 0.624. The van der Waals surface area contributed by atoms with E-state index in [1.54, 1.807) is 6.07 Å². The molecule has 0 aliphatic rings. The van der Waals surface area contributed by atoms with Gasteiger partial charge in [-0.15, -0.1) is 0 Å². The van der Waals surface area contributed by atoms with Gasteiger partial charge in [0.05, 0.1) is 5.02 Å². The molecule has 0 aliphatic heterocycles. The van der Waals surface area contributed by atoms with E-state index in [1.807, 2.05) is 13.8 Å². The van der Waals surface area contributed by atoms with Crippen LogP contribution in [0.2, 0.25) is 5.02 Å². The van der Waals surface area contributed by atoms with Crippen molar-refractivity contribution in [1.82, 2.24) is 0 Å². The summed E-state index contributed by atoms with van der Waals surface area (Å²) in [5, 5.41) is 0.132. The van der Waals surface area contributed by atoms with Crippen LogP contribution in [0.1, 0.15) is 24.1 Å². The van der Waals surface area contributed by atoms with Crippen LogP contribution in [0.25, 0.3) is 0 Å². The van der Waals surface area contributed by atoms with E-state index in [1.165, 1.54) is 6.07 Å². The molecule has 1 unspecified atom stereocenters. The average molecular weight is 188 g/mol. The topological polar surface area (TPSA) is 26.0 Å². The van der Waals surface area contributed by atoms with Crippen LogP contribution in [0.15, 0.2) is 12.1 Å².